The molecular weight excluding hydrogens is 610 g/mol. The van der Waals surface area contributed by atoms with E-state index in [9.17, 15) is 27.2 Å². The summed E-state index contributed by atoms with van der Waals surface area (Å²) in [6, 6.07) is 5.32. The van der Waals surface area contributed by atoms with Crippen LogP contribution in [-0.2, 0) is 17.8 Å². The van der Waals surface area contributed by atoms with Crippen LogP contribution in [0.2, 0.25) is 0 Å². The fraction of sp³-hybridized carbons (Fsp3) is 0.433. The number of imidazole rings is 1. The van der Waals surface area contributed by atoms with Gasteiger partial charge in [0.25, 0.3) is 18.8 Å². The van der Waals surface area contributed by atoms with E-state index in [0.29, 0.717) is 55.3 Å². The number of aliphatic hydroxyl groups is 1. The summed E-state index contributed by atoms with van der Waals surface area (Å²) in [7, 11) is 0. The van der Waals surface area contributed by atoms with Gasteiger partial charge in [-0.2, -0.15) is 5.10 Å². The predicted molar refractivity (Wildman–Crippen MR) is 161 cm³/mol. The molecule has 46 heavy (non-hydrogen) atoms. The molecule has 2 saturated heterocycles. The van der Waals surface area contributed by atoms with Crippen LogP contribution in [0.25, 0.3) is 16.9 Å². The van der Waals surface area contributed by atoms with Crippen molar-refractivity contribution in [3.63, 3.8) is 0 Å². The molecule has 2 aliphatic rings. The number of hydrogen-bond donors (Lipinski definition) is 3. The number of benzene rings is 1. The first-order valence-corrected chi connectivity index (χ1v) is 14.9. The number of rotatable bonds is 9. The molecule has 2 aliphatic heterocycles. The summed E-state index contributed by atoms with van der Waals surface area (Å²) in [5.74, 6) is 0.229. The number of piperazine rings is 1. The first kappa shape index (κ1) is 32.8. The molecule has 0 radical (unpaired) electrons. The molecule has 4 aromatic rings. The zero-order chi connectivity index (χ0) is 32.8. The molecule has 6 rings (SSSR count). The fourth-order valence-corrected chi connectivity index (χ4v) is 5.39. The second-order valence-corrected chi connectivity index (χ2v) is 10.9. The van der Waals surface area contributed by atoms with Gasteiger partial charge in [-0.15, -0.1) is 0 Å². The lowest BCUT2D eigenvalue weighted by molar-refractivity contribution is -0.119. The molecular formula is C30H35F4N9O3. The van der Waals surface area contributed by atoms with Crippen molar-refractivity contribution in [2.24, 2.45) is 0 Å². The zero-order valence-corrected chi connectivity index (χ0v) is 25.1. The predicted octanol–water partition coefficient (Wildman–Crippen LogP) is 3.36. The second kappa shape index (κ2) is 14.7. The Morgan fingerprint density at radius 1 is 1.17 bits per heavy atom. The van der Waals surface area contributed by atoms with Crippen LogP contribution >= 0.6 is 0 Å². The smallest absolute Gasteiger partial charge is 0.282 e. The number of halogens is 4. The highest BCUT2D eigenvalue weighted by Crippen LogP contribution is 2.32. The summed E-state index contributed by atoms with van der Waals surface area (Å²) in [4.78, 5) is 36.2. The topological polar surface area (TPSA) is 133 Å². The van der Waals surface area contributed by atoms with E-state index in [1.807, 2.05) is 13.0 Å². The summed E-state index contributed by atoms with van der Waals surface area (Å²) in [6.45, 7) is 4.81. The molecule has 2 fully saturated rings. The summed E-state index contributed by atoms with van der Waals surface area (Å²) in [5.41, 5.74) is 1.98. The van der Waals surface area contributed by atoms with Gasteiger partial charge in [-0.3, -0.25) is 18.7 Å². The molecule has 16 heteroatoms. The van der Waals surface area contributed by atoms with E-state index in [1.165, 1.54) is 23.0 Å². The number of nitrogens with one attached hydrogen (secondary N) is 2. The van der Waals surface area contributed by atoms with E-state index in [0.717, 1.165) is 42.4 Å². The van der Waals surface area contributed by atoms with Crippen LogP contribution in [0.4, 0.5) is 29.1 Å². The van der Waals surface area contributed by atoms with Crippen molar-refractivity contribution >= 4 is 29.5 Å². The van der Waals surface area contributed by atoms with Crippen LogP contribution in [0, 0.1) is 0 Å². The minimum atomic E-state index is -2.97. The highest BCUT2D eigenvalue weighted by molar-refractivity contribution is 5.96. The van der Waals surface area contributed by atoms with E-state index in [2.05, 4.69) is 25.7 Å². The zero-order valence-electron chi connectivity index (χ0n) is 25.1. The number of nitrogens with zero attached hydrogens (tertiary/aromatic N) is 7. The Morgan fingerprint density at radius 2 is 1.96 bits per heavy atom. The third-order valence-electron chi connectivity index (χ3n) is 7.79. The Balaban J connectivity index is 0.000000624. The number of aromatic nitrogens is 5. The summed E-state index contributed by atoms with van der Waals surface area (Å²) < 4.78 is 55.4. The van der Waals surface area contributed by atoms with E-state index in [-0.39, 0.29) is 23.3 Å². The molecule has 5 heterocycles. The Labute approximate surface area is 262 Å². The lowest BCUT2D eigenvalue weighted by atomic mass is 10.0. The highest BCUT2D eigenvalue weighted by atomic mass is 19.3. The van der Waals surface area contributed by atoms with Gasteiger partial charge in [-0.25, -0.2) is 27.5 Å². The molecule has 3 aromatic heterocycles. The third-order valence-corrected chi connectivity index (χ3v) is 7.79. The number of amides is 2. The molecule has 0 saturated carbocycles. The van der Waals surface area contributed by atoms with Crippen molar-refractivity contribution in [2.45, 2.75) is 45.3 Å². The molecule has 1 unspecified atom stereocenters. The minimum Gasteiger partial charge on any atom is -0.392 e. The Morgan fingerprint density at radius 3 is 2.57 bits per heavy atom. The molecule has 0 aliphatic carbocycles. The van der Waals surface area contributed by atoms with Crippen molar-refractivity contribution in [1.29, 1.82) is 0 Å². The fourth-order valence-electron chi connectivity index (χ4n) is 5.39. The van der Waals surface area contributed by atoms with Crippen LogP contribution in [0.5, 0.6) is 0 Å². The minimum absolute atomic E-state index is 0.00888. The van der Waals surface area contributed by atoms with Gasteiger partial charge in [0.15, 0.2) is 11.5 Å². The summed E-state index contributed by atoms with van der Waals surface area (Å²) >= 11 is 0. The lowest BCUT2D eigenvalue weighted by Gasteiger charge is -2.33. The van der Waals surface area contributed by atoms with Gasteiger partial charge in [0.05, 0.1) is 18.0 Å². The van der Waals surface area contributed by atoms with Gasteiger partial charge in [0.1, 0.15) is 12.2 Å². The molecule has 0 spiro atoms. The maximum Gasteiger partial charge on any atom is 0.282 e. The molecule has 1 atom stereocenters. The van der Waals surface area contributed by atoms with Crippen molar-refractivity contribution in [3.8, 4) is 11.3 Å². The van der Waals surface area contributed by atoms with Gasteiger partial charge in [0, 0.05) is 68.1 Å². The van der Waals surface area contributed by atoms with Crippen molar-refractivity contribution < 1.29 is 32.3 Å². The Kier molecular flexibility index (Phi) is 10.5. The van der Waals surface area contributed by atoms with Gasteiger partial charge in [0.2, 0.25) is 6.41 Å². The highest BCUT2D eigenvalue weighted by Gasteiger charge is 2.25. The molecule has 1 aromatic carbocycles. The summed E-state index contributed by atoms with van der Waals surface area (Å²) in [5, 5.41) is 18.5. The average Bonchev–Trinajstić information content (AvgIpc) is 3.81. The molecule has 12 nitrogen and oxygen atoms in total. The van der Waals surface area contributed by atoms with E-state index >= 15 is 0 Å². The number of aryl methyl sites for hydroxylation is 1. The number of hydrogen-bond acceptors (Lipinski definition) is 8. The monoisotopic (exact) mass is 645 g/mol. The van der Waals surface area contributed by atoms with Gasteiger partial charge in [-0.05, 0) is 43.1 Å². The maximum absolute atomic E-state index is 13.7. The first-order valence-electron chi connectivity index (χ1n) is 14.9. The van der Waals surface area contributed by atoms with E-state index < -0.39 is 25.1 Å². The van der Waals surface area contributed by atoms with Crippen LogP contribution < -0.4 is 10.6 Å². The van der Waals surface area contributed by atoms with Crippen molar-refractivity contribution in [1.82, 2.24) is 39.3 Å². The Hall–Kier alpha value is -4.57. The quantitative estimate of drug-likeness (QED) is 0.187. The molecule has 2 amide bonds. The Bertz CT molecular complexity index is 1650. The van der Waals surface area contributed by atoms with Gasteiger partial charge in [-0.1, -0.05) is 6.92 Å². The standard InChI is InChI=1S/C26H26F4N8O2.C4H9NO/c1-2-16-11-17(3-4-18(16)26(40)36-9-7-35(15-39)8-10-36)33-24-25-32-12-20(38(25)6-5-31-24)19-13-37(14-21(27)28)34-22(19)23(29)30;6-4-1-2-5-3-4/h3-6,11-13,15,21,23H,2,7-10,14H2,1H3,(H,31,33);4-6H,1-3H2. The number of fused-ring (bicyclic) bond motifs is 1. The van der Waals surface area contributed by atoms with Gasteiger partial charge >= 0.3 is 0 Å². The molecule has 0 bridgehead atoms. The number of carbonyl (C=O) groups is 2. The number of β-amino-alcohol motifs (C(OH)–C–C–N with tert-alkyl or cyclic N) is 1. The van der Waals surface area contributed by atoms with Crippen LogP contribution in [-0.4, -0.2) is 103 Å². The van der Waals surface area contributed by atoms with Gasteiger partial charge < -0.3 is 25.5 Å². The number of anilines is 2. The molecule has 3 N–H and O–H groups in total. The van der Waals surface area contributed by atoms with Crippen LogP contribution in [0.3, 0.4) is 0 Å². The largest absolute Gasteiger partial charge is 0.392 e. The first-order chi connectivity index (χ1) is 22.2. The van der Waals surface area contributed by atoms with E-state index in [4.69, 9.17) is 5.11 Å². The van der Waals surface area contributed by atoms with Crippen molar-refractivity contribution in [2.75, 3.05) is 44.6 Å². The molecule has 246 valence electrons. The number of alkyl halides is 4. The van der Waals surface area contributed by atoms with E-state index in [1.54, 1.807) is 21.9 Å². The lowest BCUT2D eigenvalue weighted by Crippen LogP contribution is -2.48. The SMILES string of the molecule is CCc1cc(Nc2nccn3c(-c4cn(CC(F)F)nc4C(F)F)cnc23)ccc1C(=O)N1CCN(C=O)CC1.OC1CCNC1. The number of carbonyl (C=O) groups excluding carboxylic acids is 2. The van der Waals surface area contributed by atoms with Crippen molar-refractivity contribution in [3.05, 3.63) is 59.8 Å². The van der Waals surface area contributed by atoms with Crippen LogP contribution in [0.1, 0.15) is 41.4 Å². The normalized spacial score (nSPS) is 16.7. The maximum atomic E-state index is 13.7. The van der Waals surface area contributed by atoms with Crippen LogP contribution in [0.15, 0.2) is 43.0 Å². The second-order valence-electron chi connectivity index (χ2n) is 10.9. The number of aliphatic hydroxyl groups excluding tert-OH is 1. The summed E-state index contributed by atoms with van der Waals surface area (Å²) in [6.07, 6.45) is 2.04. The third kappa shape index (κ3) is 7.45. The average molecular weight is 646 g/mol.